The van der Waals surface area contributed by atoms with Crippen molar-refractivity contribution < 1.29 is 0 Å². The molecule has 1 aliphatic rings. The average molecular weight is 269 g/mol. The maximum absolute atomic E-state index is 6.21. The van der Waals surface area contributed by atoms with Crippen LogP contribution in [0, 0.1) is 0 Å². The summed E-state index contributed by atoms with van der Waals surface area (Å²) >= 11 is 12.2. The Balaban J connectivity index is 2.37. The number of aryl methyl sites for hydroxylation is 2. The summed E-state index contributed by atoms with van der Waals surface area (Å²) < 4.78 is 2.20. The molecule has 0 fully saturated rings. The van der Waals surface area contributed by atoms with E-state index < -0.39 is 0 Å². The van der Waals surface area contributed by atoms with Gasteiger partial charge in [-0.2, -0.15) is 0 Å². The Kier molecular flexibility index (Phi) is 2.80. The van der Waals surface area contributed by atoms with E-state index in [9.17, 15) is 0 Å². The second-order valence-corrected chi connectivity index (χ2v) is 5.42. The Hall–Kier alpha value is -0.730. The van der Waals surface area contributed by atoms with Crippen molar-refractivity contribution in [2.24, 2.45) is 7.05 Å². The zero-order valence-corrected chi connectivity index (χ0v) is 11.3. The van der Waals surface area contributed by atoms with Crippen molar-refractivity contribution in [3.8, 4) is 0 Å². The first kappa shape index (κ1) is 11.4. The van der Waals surface area contributed by atoms with Crippen molar-refractivity contribution >= 4 is 34.1 Å². The fraction of sp³-hybridized carbons (Fsp3) is 0.462. The number of hydrogen-bond donors (Lipinski definition) is 0. The molecule has 0 atom stereocenters. The number of rotatable bonds is 0. The fourth-order valence-corrected chi connectivity index (χ4v) is 3.44. The first-order valence-corrected chi connectivity index (χ1v) is 6.76. The van der Waals surface area contributed by atoms with Gasteiger partial charge in [-0.05, 0) is 37.3 Å². The normalized spacial score (nSPS) is 15.9. The van der Waals surface area contributed by atoms with Crippen molar-refractivity contribution in [2.45, 2.75) is 32.1 Å². The third-order valence-corrected chi connectivity index (χ3v) is 4.13. The number of halogens is 2. The van der Waals surface area contributed by atoms with Gasteiger partial charge < -0.3 is 4.57 Å². The lowest BCUT2D eigenvalue weighted by molar-refractivity contribution is 0.698. The van der Waals surface area contributed by atoms with Crippen LogP contribution in [0.15, 0.2) is 6.07 Å². The molecule has 0 radical (unpaired) electrons. The molecule has 2 aromatic heterocycles. The van der Waals surface area contributed by atoms with Gasteiger partial charge >= 0.3 is 0 Å². The third kappa shape index (κ3) is 1.74. The Morgan fingerprint density at radius 1 is 1.18 bits per heavy atom. The van der Waals surface area contributed by atoms with Gasteiger partial charge in [-0.15, -0.1) is 0 Å². The molecule has 0 aliphatic heterocycles. The van der Waals surface area contributed by atoms with Gasteiger partial charge in [0.1, 0.15) is 5.15 Å². The van der Waals surface area contributed by atoms with Crippen LogP contribution in [0.25, 0.3) is 10.9 Å². The Morgan fingerprint density at radius 3 is 2.76 bits per heavy atom. The first-order chi connectivity index (χ1) is 8.18. The summed E-state index contributed by atoms with van der Waals surface area (Å²) in [6.07, 6.45) is 6.08. The van der Waals surface area contributed by atoms with Gasteiger partial charge in [-0.25, -0.2) is 4.98 Å². The van der Waals surface area contributed by atoms with E-state index in [1.54, 1.807) is 0 Å². The Bertz CT molecular complexity index is 587. The van der Waals surface area contributed by atoms with Gasteiger partial charge in [0.05, 0.1) is 5.52 Å². The van der Waals surface area contributed by atoms with Crippen LogP contribution in [-0.4, -0.2) is 9.55 Å². The molecule has 0 saturated carbocycles. The second kappa shape index (κ2) is 4.18. The van der Waals surface area contributed by atoms with Crippen molar-refractivity contribution in [2.75, 3.05) is 0 Å². The molecule has 3 rings (SSSR count). The van der Waals surface area contributed by atoms with Gasteiger partial charge in [-0.3, -0.25) is 0 Å². The van der Waals surface area contributed by atoms with Crippen LogP contribution in [0.5, 0.6) is 0 Å². The lowest BCUT2D eigenvalue weighted by Gasteiger charge is -2.03. The zero-order valence-electron chi connectivity index (χ0n) is 9.76. The predicted molar refractivity (Wildman–Crippen MR) is 72.0 cm³/mol. The Labute approximate surface area is 111 Å². The van der Waals surface area contributed by atoms with E-state index in [-0.39, 0.29) is 0 Å². The number of aromatic nitrogens is 2. The van der Waals surface area contributed by atoms with Crippen molar-refractivity contribution in [1.82, 2.24) is 9.55 Å². The van der Waals surface area contributed by atoms with Crippen LogP contribution in [0.4, 0.5) is 0 Å². The molecule has 0 aromatic carbocycles. The molecule has 0 bridgehead atoms. The molecule has 1 aliphatic carbocycles. The lowest BCUT2D eigenvalue weighted by Crippen LogP contribution is -1.97. The largest absolute Gasteiger partial charge is 0.345 e. The monoisotopic (exact) mass is 268 g/mol. The second-order valence-electron chi connectivity index (χ2n) is 4.68. The quantitative estimate of drug-likeness (QED) is 0.519. The standard InChI is InChI=1S/C13H14Cl2N2/c1-17-10-6-4-2-3-5-8(10)9-7-11(14)16-13(15)12(9)17/h7H,2-6H2,1H3. The van der Waals surface area contributed by atoms with Crippen LogP contribution in [0.1, 0.15) is 30.5 Å². The van der Waals surface area contributed by atoms with Crippen LogP contribution in [0.3, 0.4) is 0 Å². The minimum Gasteiger partial charge on any atom is -0.345 e. The molecule has 2 aromatic rings. The van der Waals surface area contributed by atoms with Crippen LogP contribution >= 0.6 is 23.2 Å². The van der Waals surface area contributed by atoms with Crippen molar-refractivity contribution in [1.29, 1.82) is 0 Å². The topological polar surface area (TPSA) is 17.8 Å². The highest BCUT2D eigenvalue weighted by atomic mass is 35.5. The molecular weight excluding hydrogens is 255 g/mol. The minimum atomic E-state index is 0.486. The Morgan fingerprint density at radius 2 is 1.94 bits per heavy atom. The molecule has 0 N–H and O–H groups in total. The van der Waals surface area contributed by atoms with Crippen LogP contribution < -0.4 is 0 Å². The van der Waals surface area contributed by atoms with Gasteiger partial charge in [0.2, 0.25) is 0 Å². The van der Waals surface area contributed by atoms with E-state index in [0.29, 0.717) is 10.3 Å². The summed E-state index contributed by atoms with van der Waals surface area (Å²) in [5.74, 6) is 0. The maximum Gasteiger partial charge on any atom is 0.155 e. The highest BCUT2D eigenvalue weighted by Gasteiger charge is 2.19. The zero-order chi connectivity index (χ0) is 12.0. The van der Waals surface area contributed by atoms with Gasteiger partial charge in [-0.1, -0.05) is 29.6 Å². The predicted octanol–water partition coefficient (Wildman–Crippen LogP) is 4.15. The molecule has 90 valence electrons. The van der Waals surface area contributed by atoms with Crippen molar-refractivity contribution in [3.63, 3.8) is 0 Å². The minimum absolute atomic E-state index is 0.486. The fourth-order valence-electron chi connectivity index (χ4n) is 2.89. The lowest BCUT2D eigenvalue weighted by atomic mass is 10.1. The molecule has 17 heavy (non-hydrogen) atoms. The number of fused-ring (bicyclic) bond motifs is 3. The molecule has 0 spiro atoms. The number of nitrogens with zero attached hydrogens (tertiary/aromatic N) is 2. The van der Waals surface area contributed by atoms with E-state index in [1.165, 1.54) is 35.9 Å². The molecule has 2 nitrogen and oxygen atoms in total. The van der Waals surface area contributed by atoms with E-state index in [2.05, 4.69) is 16.6 Å². The molecular formula is C13H14Cl2N2. The van der Waals surface area contributed by atoms with Gasteiger partial charge in [0, 0.05) is 18.1 Å². The van der Waals surface area contributed by atoms with Crippen LogP contribution in [-0.2, 0) is 19.9 Å². The highest BCUT2D eigenvalue weighted by Crippen LogP contribution is 2.34. The average Bonchev–Trinajstić information content (AvgIpc) is 2.48. The maximum atomic E-state index is 6.21. The molecule has 0 amide bonds. The van der Waals surface area contributed by atoms with E-state index in [4.69, 9.17) is 23.2 Å². The molecule has 4 heteroatoms. The highest BCUT2D eigenvalue weighted by molar-refractivity contribution is 6.36. The molecule has 2 heterocycles. The summed E-state index contributed by atoms with van der Waals surface area (Å²) in [5.41, 5.74) is 3.86. The summed E-state index contributed by atoms with van der Waals surface area (Å²) in [5, 5.41) is 2.19. The van der Waals surface area contributed by atoms with E-state index in [1.807, 2.05) is 6.07 Å². The summed E-state index contributed by atoms with van der Waals surface area (Å²) in [6, 6.07) is 1.95. The SMILES string of the molecule is Cn1c2c(c3cc(Cl)nc(Cl)c31)CCCCC2. The summed E-state index contributed by atoms with van der Waals surface area (Å²) in [7, 11) is 2.08. The third-order valence-electron chi connectivity index (χ3n) is 3.67. The first-order valence-electron chi connectivity index (χ1n) is 6.00. The van der Waals surface area contributed by atoms with Gasteiger partial charge in [0.15, 0.2) is 5.15 Å². The summed E-state index contributed by atoms with van der Waals surface area (Å²) in [4.78, 5) is 4.14. The molecule has 0 unspecified atom stereocenters. The number of pyridine rings is 1. The van der Waals surface area contributed by atoms with E-state index >= 15 is 0 Å². The van der Waals surface area contributed by atoms with E-state index in [0.717, 1.165) is 18.4 Å². The summed E-state index contributed by atoms with van der Waals surface area (Å²) in [6.45, 7) is 0. The number of hydrogen-bond acceptors (Lipinski definition) is 1. The van der Waals surface area contributed by atoms with Crippen molar-refractivity contribution in [3.05, 3.63) is 27.6 Å². The van der Waals surface area contributed by atoms with Crippen LogP contribution in [0.2, 0.25) is 10.3 Å². The van der Waals surface area contributed by atoms with Gasteiger partial charge in [0.25, 0.3) is 0 Å². The smallest absolute Gasteiger partial charge is 0.155 e. The molecule has 0 saturated heterocycles.